The number of benzene rings is 6. The molecular weight excluding hydrogens is 1310 g/mol. The minimum Gasteiger partial charge on any atom is -0.489 e. The highest BCUT2D eigenvalue weighted by Gasteiger charge is 2.34. The van der Waals surface area contributed by atoms with Crippen LogP contribution in [0.2, 0.25) is 5.02 Å². The van der Waals surface area contributed by atoms with Gasteiger partial charge in [0.25, 0.3) is 0 Å². The fourth-order valence-electron chi connectivity index (χ4n) is 14.7. The average Bonchev–Trinajstić information content (AvgIpc) is 0.834. The summed E-state index contributed by atoms with van der Waals surface area (Å²) in [6, 6.07) is 39.9. The number of hydrogen-bond donors (Lipinski definition) is 6. The van der Waals surface area contributed by atoms with E-state index in [-0.39, 0.29) is 65.9 Å². The molecule has 3 aliphatic carbocycles. The van der Waals surface area contributed by atoms with Crippen LogP contribution < -0.4 is 60.8 Å². The number of piperazine rings is 3. The van der Waals surface area contributed by atoms with E-state index in [2.05, 4.69) is 118 Å². The highest BCUT2D eigenvalue weighted by Crippen LogP contribution is 2.36. The van der Waals surface area contributed by atoms with Gasteiger partial charge in [0.05, 0.1) is 46.1 Å². The van der Waals surface area contributed by atoms with Crippen molar-refractivity contribution in [1.29, 1.82) is 0 Å². The fraction of sp³-hybridized carbons (Fsp3) is 0.500. The average molecular weight is 1420 g/mol. The summed E-state index contributed by atoms with van der Waals surface area (Å²) in [4.78, 5) is 51.9. The molecule has 18 nitrogen and oxygen atoms in total. The van der Waals surface area contributed by atoms with Gasteiger partial charge in [-0.3, -0.25) is 14.7 Å². The molecule has 0 radical (unpaired) electrons. The predicted molar refractivity (Wildman–Crippen MR) is 397 cm³/mol. The first-order valence-electron chi connectivity index (χ1n) is 36.4. The molecule has 101 heavy (non-hydrogen) atoms. The number of urea groups is 3. The lowest BCUT2D eigenvalue weighted by molar-refractivity contribution is 0.137. The zero-order chi connectivity index (χ0) is 71.4. The summed E-state index contributed by atoms with van der Waals surface area (Å²) in [6.45, 7) is 24.4. The summed E-state index contributed by atoms with van der Waals surface area (Å²) in [5, 5.41) is 17.6. The van der Waals surface area contributed by atoms with E-state index in [0.29, 0.717) is 28.8 Å². The second-order valence-electron chi connectivity index (χ2n) is 28.0. The van der Waals surface area contributed by atoms with Gasteiger partial charge in [-0.05, 0) is 191 Å². The van der Waals surface area contributed by atoms with Crippen LogP contribution in [0, 0.1) is 23.3 Å². The highest BCUT2D eigenvalue weighted by atomic mass is 35.5. The van der Waals surface area contributed by atoms with Gasteiger partial charge in [-0.15, -0.1) is 0 Å². The molecule has 0 atom stereocenters. The third-order valence-electron chi connectivity index (χ3n) is 19.8. The Balaban J connectivity index is 0.000000163. The normalized spacial score (nSPS) is 21.5. The molecule has 0 spiro atoms. The molecule has 3 saturated heterocycles. The Kier molecular flexibility index (Phi) is 27.7. The van der Waals surface area contributed by atoms with Gasteiger partial charge in [0.2, 0.25) is 0 Å². The molecule has 6 fully saturated rings. The van der Waals surface area contributed by atoms with Gasteiger partial charge in [0.1, 0.15) is 17.2 Å². The standard InChI is InChI=1S/C26H35ClN4O2.2C26H34F2N4O2/c1-19(2)33-25-10-6-5-9-24(25)31-17-15-30(16-18-31)21-13-11-20(12-14-21)28-26(32)29-23-8-4-3-7-22(23)27;2*1-18(2)34-25-6-4-3-5-24(25)32-15-13-31(14-16-32)21-10-7-19(8-11-21)29-26(33)30-20-9-12-22(27)23(28)17-20/h3-10,19-21H,11-18H2,1-2H3,(H2,28,29,32);2*3-6,9,12,17-19,21H,7-8,10-11,13-16H2,1-2H3,(H2,29,30,33). The van der Waals surface area contributed by atoms with Crippen LogP contribution in [0.25, 0.3) is 0 Å². The van der Waals surface area contributed by atoms with Crippen molar-refractivity contribution >= 4 is 63.8 Å². The molecule has 6 aromatic carbocycles. The molecule has 6 N–H and O–H groups in total. The molecule has 0 aromatic heterocycles. The third-order valence-corrected chi connectivity index (χ3v) is 20.1. The summed E-state index contributed by atoms with van der Waals surface area (Å²) in [7, 11) is 0. The van der Waals surface area contributed by atoms with E-state index in [1.807, 2.05) is 76.2 Å². The van der Waals surface area contributed by atoms with Crippen LogP contribution >= 0.6 is 11.6 Å². The number of anilines is 6. The van der Waals surface area contributed by atoms with Crippen molar-refractivity contribution in [2.45, 2.75) is 173 Å². The summed E-state index contributed by atoms with van der Waals surface area (Å²) in [5.41, 5.74) is 4.64. The van der Waals surface area contributed by atoms with Crippen molar-refractivity contribution in [3.8, 4) is 17.2 Å². The van der Waals surface area contributed by atoms with E-state index < -0.39 is 23.3 Å². The lowest BCUT2D eigenvalue weighted by Crippen LogP contribution is -2.52. The number of carbonyl (C=O) groups excluding carboxylic acids is 3. The minimum absolute atomic E-state index is 0.0860. The number of carbonyl (C=O) groups is 3. The number of nitrogens with one attached hydrogen (secondary N) is 6. The maximum Gasteiger partial charge on any atom is 0.319 e. The van der Waals surface area contributed by atoms with Crippen molar-refractivity contribution in [3.63, 3.8) is 0 Å². The van der Waals surface area contributed by atoms with E-state index in [1.165, 1.54) is 17.8 Å². The van der Waals surface area contributed by atoms with Gasteiger partial charge < -0.3 is 60.8 Å². The Hall–Kier alpha value is -8.18. The molecule has 3 aliphatic heterocycles. The first-order valence-corrected chi connectivity index (χ1v) is 36.8. The summed E-state index contributed by atoms with van der Waals surface area (Å²) < 4.78 is 70.8. The molecule has 3 saturated carbocycles. The SMILES string of the molecule is CC(C)Oc1ccccc1N1CCN(C2CCC(NC(=O)Nc3ccc(F)c(F)c3)CC2)CC1.CC(C)Oc1ccccc1N1CCN(C2CCC(NC(=O)Nc3ccc(F)c(F)c3)CC2)CC1.CC(C)Oc1ccccc1N1CCN(C2CCC(NC(=O)Nc3ccccc3Cl)CC2)CC1. The number of para-hydroxylation sites is 7. The molecule has 3 heterocycles. The molecule has 23 heteroatoms. The number of nitrogens with zero attached hydrogens (tertiary/aromatic N) is 6. The van der Waals surface area contributed by atoms with Crippen molar-refractivity contribution in [2.75, 3.05) is 109 Å². The van der Waals surface area contributed by atoms with E-state index in [4.69, 9.17) is 25.8 Å². The van der Waals surface area contributed by atoms with Crippen LogP contribution in [-0.4, -0.2) is 166 Å². The number of amides is 6. The Labute approximate surface area is 599 Å². The molecular formula is C78H103ClF4N12O6. The number of rotatable bonds is 18. The largest absolute Gasteiger partial charge is 0.489 e. The Morgan fingerprint density at radius 3 is 0.950 bits per heavy atom. The van der Waals surface area contributed by atoms with Gasteiger partial charge in [0.15, 0.2) is 23.3 Å². The summed E-state index contributed by atoms with van der Waals surface area (Å²) in [5.74, 6) is -0.957. The third kappa shape index (κ3) is 22.4. The first kappa shape index (κ1) is 75.5. The minimum atomic E-state index is -0.977. The zero-order valence-corrected chi connectivity index (χ0v) is 60.1. The van der Waals surface area contributed by atoms with Crippen molar-refractivity contribution in [2.24, 2.45) is 0 Å². The maximum absolute atomic E-state index is 13.3. The van der Waals surface area contributed by atoms with Gasteiger partial charge in [-0.2, -0.15) is 0 Å². The molecule has 6 aliphatic rings. The maximum atomic E-state index is 13.3. The van der Waals surface area contributed by atoms with Crippen molar-refractivity contribution in [3.05, 3.63) is 162 Å². The molecule has 546 valence electrons. The predicted octanol–water partition coefficient (Wildman–Crippen LogP) is 15.4. The number of halogens is 5. The first-order chi connectivity index (χ1) is 48.8. The monoisotopic (exact) mass is 1410 g/mol. The van der Waals surface area contributed by atoms with E-state index in [9.17, 15) is 31.9 Å². The van der Waals surface area contributed by atoms with Crippen molar-refractivity contribution < 1.29 is 46.2 Å². The molecule has 6 aromatic rings. The molecule has 12 rings (SSSR count). The van der Waals surface area contributed by atoms with Crippen LogP contribution in [0.3, 0.4) is 0 Å². The second kappa shape index (κ2) is 37.1. The summed E-state index contributed by atoms with van der Waals surface area (Å²) in [6.07, 6.45) is 12.4. The quantitative estimate of drug-likeness (QED) is 0.0451. The fourth-order valence-corrected chi connectivity index (χ4v) is 14.9. The van der Waals surface area contributed by atoms with Crippen LogP contribution in [0.4, 0.5) is 66.1 Å². The highest BCUT2D eigenvalue weighted by molar-refractivity contribution is 6.33. The number of ether oxygens (including phenoxy) is 3. The molecule has 0 bridgehead atoms. The topological polar surface area (TPSA) is 171 Å². The van der Waals surface area contributed by atoms with E-state index >= 15 is 0 Å². The van der Waals surface area contributed by atoms with Crippen LogP contribution in [0.1, 0.15) is 119 Å². The van der Waals surface area contributed by atoms with Crippen LogP contribution in [0.15, 0.2) is 133 Å². The lowest BCUT2D eigenvalue weighted by Gasteiger charge is -2.43. The van der Waals surface area contributed by atoms with E-state index in [1.54, 1.807) is 6.07 Å². The number of hydrogen-bond acceptors (Lipinski definition) is 12. The lowest BCUT2D eigenvalue weighted by atomic mass is 9.90. The van der Waals surface area contributed by atoms with Crippen LogP contribution in [-0.2, 0) is 0 Å². The molecule has 6 amide bonds. The van der Waals surface area contributed by atoms with Gasteiger partial charge in [0, 0.05) is 138 Å². The van der Waals surface area contributed by atoms with E-state index in [0.717, 1.165) is 208 Å². The Morgan fingerprint density at radius 2 is 0.653 bits per heavy atom. The van der Waals surface area contributed by atoms with Gasteiger partial charge in [-0.25, -0.2) is 31.9 Å². The van der Waals surface area contributed by atoms with Gasteiger partial charge >= 0.3 is 18.1 Å². The molecule has 0 unspecified atom stereocenters. The Morgan fingerprint density at radius 1 is 0.366 bits per heavy atom. The zero-order valence-electron chi connectivity index (χ0n) is 59.4. The smallest absolute Gasteiger partial charge is 0.319 e. The van der Waals surface area contributed by atoms with Crippen LogP contribution in [0.5, 0.6) is 17.2 Å². The summed E-state index contributed by atoms with van der Waals surface area (Å²) >= 11 is 6.14. The Bertz CT molecular complexity index is 3450. The van der Waals surface area contributed by atoms with Gasteiger partial charge in [-0.1, -0.05) is 60.1 Å². The second-order valence-corrected chi connectivity index (χ2v) is 28.4. The van der Waals surface area contributed by atoms with Crippen molar-refractivity contribution in [1.82, 2.24) is 30.7 Å².